The third-order valence-electron chi connectivity index (χ3n) is 4.56. The van der Waals surface area contributed by atoms with Crippen LogP contribution in [0.25, 0.3) is 0 Å². The molecule has 3 unspecified atom stereocenters. The third kappa shape index (κ3) is 3.21. The number of rotatable bonds is 6. The SMILES string of the molecule is CCC1CCC(C(NC)C(CC)CC)C1. The largest absolute Gasteiger partial charge is 0.316 e. The van der Waals surface area contributed by atoms with Crippen molar-refractivity contribution in [2.24, 2.45) is 17.8 Å². The maximum atomic E-state index is 3.59. The summed E-state index contributed by atoms with van der Waals surface area (Å²) in [6.07, 6.45) is 8.44. The first-order valence-corrected chi connectivity index (χ1v) is 6.93. The zero-order chi connectivity index (χ0) is 11.3. The van der Waals surface area contributed by atoms with Crippen molar-refractivity contribution in [3.8, 4) is 0 Å². The van der Waals surface area contributed by atoms with Crippen molar-refractivity contribution >= 4 is 0 Å². The summed E-state index contributed by atoms with van der Waals surface area (Å²) in [7, 11) is 2.16. The smallest absolute Gasteiger partial charge is 0.0120 e. The Bertz CT molecular complexity index is 163. The Morgan fingerprint density at radius 1 is 1.13 bits per heavy atom. The predicted molar refractivity (Wildman–Crippen MR) is 68.0 cm³/mol. The van der Waals surface area contributed by atoms with Gasteiger partial charge in [-0.05, 0) is 37.6 Å². The molecule has 1 aliphatic carbocycles. The highest BCUT2D eigenvalue weighted by Crippen LogP contribution is 2.37. The van der Waals surface area contributed by atoms with Crippen LogP contribution in [0.2, 0.25) is 0 Å². The number of nitrogens with one attached hydrogen (secondary N) is 1. The van der Waals surface area contributed by atoms with Gasteiger partial charge in [0.2, 0.25) is 0 Å². The summed E-state index contributed by atoms with van der Waals surface area (Å²) in [5.41, 5.74) is 0. The van der Waals surface area contributed by atoms with Crippen LogP contribution in [0.1, 0.15) is 59.3 Å². The maximum Gasteiger partial charge on any atom is 0.0120 e. The minimum Gasteiger partial charge on any atom is -0.316 e. The van der Waals surface area contributed by atoms with Crippen molar-refractivity contribution in [1.29, 1.82) is 0 Å². The molecule has 0 amide bonds. The van der Waals surface area contributed by atoms with E-state index in [4.69, 9.17) is 0 Å². The molecule has 1 N–H and O–H groups in total. The highest BCUT2D eigenvalue weighted by Gasteiger charge is 2.32. The monoisotopic (exact) mass is 211 g/mol. The van der Waals surface area contributed by atoms with Gasteiger partial charge in [-0.15, -0.1) is 0 Å². The van der Waals surface area contributed by atoms with Crippen LogP contribution in [0.5, 0.6) is 0 Å². The van der Waals surface area contributed by atoms with Crippen LogP contribution >= 0.6 is 0 Å². The molecule has 0 radical (unpaired) electrons. The van der Waals surface area contributed by atoms with E-state index < -0.39 is 0 Å². The summed E-state index contributed by atoms with van der Waals surface area (Å²) >= 11 is 0. The van der Waals surface area contributed by atoms with Gasteiger partial charge in [0, 0.05) is 6.04 Å². The van der Waals surface area contributed by atoms with Crippen LogP contribution in [0.3, 0.4) is 0 Å². The Kier molecular flexibility index (Phi) is 5.66. The molecular formula is C14H29N. The van der Waals surface area contributed by atoms with E-state index in [1.807, 2.05) is 0 Å². The molecule has 0 aromatic heterocycles. The lowest BCUT2D eigenvalue weighted by atomic mass is 9.83. The summed E-state index contributed by atoms with van der Waals surface area (Å²) in [5.74, 6) is 2.85. The quantitative estimate of drug-likeness (QED) is 0.704. The second kappa shape index (κ2) is 6.52. The Morgan fingerprint density at radius 3 is 2.20 bits per heavy atom. The molecule has 0 aromatic carbocycles. The Hall–Kier alpha value is -0.0400. The molecule has 15 heavy (non-hydrogen) atoms. The van der Waals surface area contributed by atoms with Gasteiger partial charge < -0.3 is 5.32 Å². The first kappa shape index (κ1) is 13.0. The fourth-order valence-corrected chi connectivity index (χ4v) is 3.46. The molecule has 1 rings (SSSR count). The topological polar surface area (TPSA) is 12.0 Å². The summed E-state index contributed by atoms with van der Waals surface area (Å²) in [5, 5.41) is 3.59. The summed E-state index contributed by atoms with van der Waals surface area (Å²) < 4.78 is 0. The number of hydrogen-bond donors (Lipinski definition) is 1. The average molecular weight is 211 g/mol. The van der Waals surface area contributed by atoms with Gasteiger partial charge in [-0.2, -0.15) is 0 Å². The molecular weight excluding hydrogens is 182 g/mol. The van der Waals surface area contributed by atoms with E-state index in [0.717, 1.165) is 23.8 Å². The highest BCUT2D eigenvalue weighted by atomic mass is 14.9. The first-order chi connectivity index (χ1) is 7.26. The standard InChI is InChI=1S/C14H29N/c1-5-11-8-9-13(10-11)14(15-4)12(6-2)7-3/h11-15H,5-10H2,1-4H3. The van der Waals surface area contributed by atoms with Gasteiger partial charge in [0.15, 0.2) is 0 Å². The third-order valence-corrected chi connectivity index (χ3v) is 4.56. The van der Waals surface area contributed by atoms with Crippen molar-refractivity contribution in [2.75, 3.05) is 7.05 Å². The van der Waals surface area contributed by atoms with Crippen molar-refractivity contribution in [1.82, 2.24) is 5.32 Å². The molecule has 1 aliphatic rings. The molecule has 0 aromatic rings. The molecule has 0 bridgehead atoms. The molecule has 0 heterocycles. The first-order valence-electron chi connectivity index (χ1n) is 6.93. The van der Waals surface area contributed by atoms with Crippen LogP contribution in [0.15, 0.2) is 0 Å². The minimum atomic E-state index is 0.775. The second-order valence-corrected chi connectivity index (χ2v) is 5.24. The van der Waals surface area contributed by atoms with E-state index in [2.05, 4.69) is 33.1 Å². The van der Waals surface area contributed by atoms with E-state index in [1.54, 1.807) is 0 Å². The van der Waals surface area contributed by atoms with Gasteiger partial charge in [-0.25, -0.2) is 0 Å². The molecule has 1 fully saturated rings. The summed E-state index contributed by atoms with van der Waals surface area (Å²) in [6.45, 7) is 7.02. The Labute approximate surface area is 96.0 Å². The number of hydrogen-bond acceptors (Lipinski definition) is 1. The fourth-order valence-electron chi connectivity index (χ4n) is 3.46. The summed E-state index contributed by atoms with van der Waals surface area (Å²) in [6, 6.07) is 0.775. The van der Waals surface area contributed by atoms with Crippen LogP contribution in [-0.4, -0.2) is 13.1 Å². The normalized spacial score (nSPS) is 28.6. The van der Waals surface area contributed by atoms with Crippen LogP contribution < -0.4 is 5.32 Å². The zero-order valence-corrected chi connectivity index (χ0v) is 11.1. The molecule has 0 aliphatic heterocycles. The van der Waals surface area contributed by atoms with Gasteiger partial charge in [0.25, 0.3) is 0 Å². The van der Waals surface area contributed by atoms with E-state index in [0.29, 0.717) is 0 Å². The molecule has 1 heteroatoms. The van der Waals surface area contributed by atoms with E-state index in [9.17, 15) is 0 Å². The van der Waals surface area contributed by atoms with Crippen LogP contribution in [0, 0.1) is 17.8 Å². The van der Waals surface area contributed by atoms with E-state index in [1.165, 1.54) is 38.5 Å². The second-order valence-electron chi connectivity index (χ2n) is 5.24. The average Bonchev–Trinajstić information content (AvgIpc) is 2.73. The highest BCUT2D eigenvalue weighted by molar-refractivity contribution is 4.87. The maximum absolute atomic E-state index is 3.59. The molecule has 1 saturated carbocycles. The summed E-state index contributed by atoms with van der Waals surface area (Å²) in [4.78, 5) is 0. The van der Waals surface area contributed by atoms with Crippen molar-refractivity contribution < 1.29 is 0 Å². The molecule has 0 spiro atoms. The van der Waals surface area contributed by atoms with Crippen molar-refractivity contribution in [3.05, 3.63) is 0 Å². The van der Waals surface area contributed by atoms with Crippen molar-refractivity contribution in [2.45, 2.75) is 65.3 Å². The van der Waals surface area contributed by atoms with Gasteiger partial charge in [0.1, 0.15) is 0 Å². The minimum absolute atomic E-state index is 0.775. The van der Waals surface area contributed by atoms with E-state index in [-0.39, 0.29) is 0 Å². The van der Waals surface area contributed by atoms with Gasteiger partial charge >= 0.3 is 0 Å². The van der Waals surface area contributed by atoms with E-state index >= 15 is 0 Å². The van der Waals surface area contributed by atoms with Gasteiger partial charge in [-0.1, -0.05) is 46.5 Å². The molecule has 3 atom stereocenters. The molecule has 90 valence electrons. The van der Waals surface area contributed by atoms with Crippen LogP contribution in [0.4, 0.5) is 0 Å². The molecule has 1 nitrogen and oxygen atoms in total. The predicted octanol–water partition coefficient (Wildman–Crippen LogP) is 3.84. The van der Waals surface area contributed by atoms with Crippen molar-refractivity contribution in [3.63, 3.8) is 0 Å². The zero-order valence-electron chi connectivity index (χ0n) is 11.1. The van der Waals surface area contributed by atoms with Gasteiger partial charge in [0.05, 0.1) is 0 Å². The Balaban J connectivity index is 2.51. The molecule has 0 saturated heterocycles. The van der Waals surface area contributed by atoms with Gasteiger partial charge in [-0.3, -0.25) is 0 Å². The Morgan fingerprint density at radius 2 is 1.80 bits per heavy atom. The fraction of sp³-hybridized carbons (Fsp3) is 1.00. The lowest BCUT2D eigenvalue weighted by Crippen LogP contribution is -2.39. The lowest BCUT2D eigenvalue weighted by molar-refractivity contribution is 0.253. The lowest BCUT2D eigenvalue weighted by Gasteiger charge is -2.30. The van der Waals surface area contributed by atoms with Crippen LogP contribution in [-0.2, 0) is 0 Å².